The molecule has 0 amide bonds. The molecule has 28 heavy (non-hydrogen) atoms. The van der Waals surface area contributed by atoms with Gasteiger partial charge in [0.2, 0.25) is 0 Å². The zero-order valence-corrected chi connectivity index (χ0v) is 15.2. The molecule has 0 bridgehead atoms. The van der Waals surface area contributed by atoms with E-state index in [1.54, 1.807) is 7.11 Å². The number of fused-ring (bicyclic) bond motifs is 1. The number of rotatable bonds is 7. The fourth-order valence-electron chi connectivity index (χ4n) is 2.62. The van der Waals surface area contributed by atoms with E-state index >= 15 is 0 Å². The molecule has 2 aromatic heterocycles. The van der Waals surface area contributed by atoms with Crippen LogP contribution in [0, 0.1) is 0 Å². The normalized spacial score (nSPS) is 10.6. The van der Waals surface area contributed by atoms with Crippen molar-refractivity contribution in [3.8, 4) is 5.75 Å². The monoisotopic (exact) mass is 374 g/mol. The lowest BCUT2D eigenvalue weighted by atomic mass is 10.2. The highest BCUT2D eigenvalue weighted by atomic mass is 16.6. The van der Waals surface area contributed by atoms with Crippen LogP contribution in [0.1, 0.15) is 5.56 Å². The fraction of sp³-hybridized carbons (Fsp3) is 0.100. The first-order chi connectivity index (χ1) is 13.8. The molecule has 8 nitrogen and oxygen atoms in total. The first kappa shape index (κ1) is 17.6. The van der Waals surface area contributed by atoms with E-state index in [0.717, 1.165) is 17.0 Å². The van der Waals surface area contributed by atoms with Gasteiger partial charge in [-0.2, -0.15) is 0 Å². The molecule has 0 atom stereocenters. The average Bonchev–Trinajstić information content (AvgIpc) is 2.75. The zero-order valence-electron chi connectivity index (χ0n) is 15.2. The number of ether oxygens (including phenoxy) is 1. The van der Waals surface area contributed by atoms with Crippen LogP contribution in [0.25, 0.3) is 11.0 Å². The van der Waals surface area contributed by atoms with Crippen molar-refractivity contribution in [2.75, 3.05) is 17.9 Å². The predicted octanol–water partition coefficient (Wildman–Crippen LogP) is 3.72. The predicted molar refractivity (Wildman–Crippen MR) is 106 cm³/mol. The summed E-state index contributed by atoms with van der Waals surface area (Å²) in [6.07, 6.45) is 2.90. The Kier molecular flexibility index (Phi) is 5.21. The van der Waals surface area contributed by atoms with Crippen LogP contribution in [-0.4, -0.2) is 27.0 Å². The maximum atomic E-state index is 5.56. The Balaban J connectivity index is 1.53. The van der Waals surface area contributed by atoms with E-state index in [0.29, 0.717) is 29.3 Å². The second-order valence-electron chi connectivity index (χ2n) is 5.87. The number of aromatic nitrogens is 4. The van der Waals surface area contributed by atoms with E-state index in [2.05, 4.69) is 30.7 Å². The SMILES string of the molecule is COc1ccc(Nc2ncnc3c(NOCc4ccccc4)ncnc23)cc1. The van der Waals surface area contributed by atoms with Gasteiger partial charge in [0.15, 0.2) is 11.6 Å². The van der Waals surface area contributed by atoms with E-state index in [1.165, 1.54) is 12.7 Å². The first-order valence-corrected chi connectivity index (χ1v) is 8.62. The number of nitrogens with one attached hydrogen (secondary N) is 2. The van der Waals surface area contributed by atoms with E-state index in [9.17, 15) is 0 Å². The van der Waals surface area contributed by atoms with Gasteiger partial charge in [-0.25, -0.2) is 25.4 Å². The van der Waals surface area contributed by atoms with Crippen LogP contribution in [0.15, 0.2) is 67.3 Å². The van der Waals surface area contributed by atoms with Crippen LogP contribution in [-0.2, 0) is 11.4 Å². The summed E-state index contributed by atoms with van der Waals surface area (Å²) in [6.45, 7) is 0.397. The third-order valence-electron chi connectivity index (χ3n) is 4.02. The van der Waals surface area contributed by atoms with Gasteiger partial charge >= 0.3 is 0 Å². The fourth-order valence-corrected chi connectivity index (χ4v) is 2.62. The maximum absolute atomic E-state index is 5.56. The Hall–Kier alpha value is -3.78. The Labute approximate surface area is 161 Å². The summed E-state index contributed by atoms with van der Waals surface area (Å²) in [7, 11) is 1.63. The van der Waals surface area contributed by atoms with E-state index in [4.69, 9.17) is 9.57 Å². The summed E-state index contributed by atoms with van der Waals surface area (Å²) in [6, 6.07) is 17.4. The van der Waals surface area contributed by atoms with Crippen molar-refractivity contribution >= 4 is 28.4 Å². The third-order valence-corrected chi connectivity index (χ3v) is 4.02. The quantitative estimate of drug-likeness (QED) is 0.473. The molecule has 4 rings (SSSR count). The van der Waals surface area contributed by atoms with Gasteiger partial charge in [-0.3, -0.25) is 4.84 Å². The van der Waals surface area contributed by atoms with E-state index < -0.39 is 0 Å². The van der Waals surface area contributed by atoms with Crippen molar-refractivity contribution in [1.29, 1.82) is 0 Å². The topological polar surface area (TPSA) is 94.1 Å². The highest BCUT2D eigenvalue weighted by Gasteiger charge is 2.11. The highest BCUT2D eigenvalue weighted by Crippen LogP contribution is 2.25. The summed E-state index contributed by atoms with van der Waals surface area (Å²) < 4.78 is 5.18. The van der Waals surface area contributed by atoms with Crippen molar-refractivity contribution in [2.45, 2.75) is 6.61 Å². The molecular formula is C20H18N6O2. The molecule has 2 heterocycles. The number of methoxy groups -OCH3 is 1. The van der Waals surface area contributed by atoms with Gasteiger partial charge in [0, 0.05) is 5.69 Å². The molecule has 0 aliphatic carbocycles. The highest BCUT2D eigenvalue weighted by molar-refractivity contribution is 5.92. The van der Waals surface area contributed by atoms with Gasteiger partial charge in [0.1, 0.15) is 29.4 Å². The van der Waals surface area contributed by atoms with Crippen LogP contribution >= 0.6 is 0 Å². The second-order valence-corrected chi connectivity index (χ2v) is 5.87. The van der Waals surface area contributed by atoms with Crippen LogP contribution < -0.4 is 15.5 Å². The Morgan fingerprint density at radius 1 is 0.786 bits per heavy atom. The summed E-state index contributed by atoms with van der Waals surface area (Å²) in [5.74, 6) is 1.83. The largest absolute Gasteiger partial charge is 0.497 e. The average molecular weight is 374 g/mol. The molecule has 2 N–H and O–H groups in total. The van der Waals surface area contributed by atoms with Gasteiger partial charge in [-0.1, -0.05) is 30.3 Å². The van der Waals surface area contributed by atoms with Crippen molar-refractivity contribution in [3.05, 3.63) is 72.8 Å². The maximum Gasteiger partial charge on any atom is 0.179 e. The van der Waals surface area contributed by atoms with Crippen molar-refractivity contribution < 1.29 is 9.57 Å². The number of anilines is 3. The smallest absolute Gasteiger partial charge is 0.179 e. The van der Waals surface area contributed by atoms with Gasteiger partial charge in [0.05, 0.1) is 13.7 Å². The summed E-state index contributed by atoms with van der Waals surface area (Å²) in [5, 5.41) is 3.24. The lowest BCUT2D eigenvalue weighted by Crippen LogP contribution is -2.06. The number of hydrogen-bond donors (Lipinski definition) is 2. The van der Waals surface area contributed by atoms with Crippen LogP contribution in [0.3, 0.4) is 0 Å². The lowest BCUT2D eigenvalue weighted by molar-refractivity contribution is 0.179. The number of nitrogens with zero attached hydrogens (tertiary/aromatic N) is 4. The van der Waals surface area contributed by atoms with Gasteiger partial charge in [-0.15, -0.1) is 0 Å². The lowest BCUT2D eigenvalue weighted by Gasteiger charge is -2.11. The minimum absolute atomic E-state index is 0.397. The molecule has 0 aliphatic rings. The van der Waals surface area contributed by atoms with Crippen LogP contribution in [0.2, 0.25) is 0 Å². The third kappa shape index (κ3) is 3.97. The van der Waals surface area contributed by atoms with E-state index in [1.807, 2.05) is 54.6 Å². The molecule has 0 radical (unpaired) electrons. The van der Waals surface area contributed by atoms with Gasteiger partial charge < -0.3 is 10.1 Å². The minimum Gasteiger partial charge on any atom is -0.497 e. The first-order valence-electron chi connectivity index (χ1n) is 8.62. The van der Waals surface area contributed by atoms with Crippen molar-refractivity contribution in [3.63, 3.8) is 0 Å². The standard InChI is InChI=1S/C20H18N6O2/c1-27-16-9-7-15(8-10-16)25-19-17-18(22-12-23-19)20(24-13-21-17)26-28-11-14-5-3-2-4-6-14/h2-10,12-13H,11H2,1H3,(H,21,24,26)(H,22,23,25). The van der Waals surface area contributed by atoms with Crippen molar-refractivity contribution in [1.82, 2.24) is 19.9 Å². The Bertz CT molecular complexity index is 1060. The molecule has 0 saturated heterocycles. The molecule has 140 valence electrons. The number of benzene rings is 2. The minimum atomic E-state index is 0.397. The summed E-state index contributed by atoms with van der Waals surface area (Å²) in [4.78, 5) is 22.7. The summed E-state index contributed by atoms with van der Waals surface area (Å²) >= 11 is 0. The molecule has 0 unspecified atom stereocenters. The Morgan fingerprint density at radius 2 is 1.46 bits per heavy atom. The molecule has 4 aromatic rings. The molecule has 0 spiro atoms. The van der Waals surface area contributed by atoms with Crippen LogP contribution in [0.4, 0.5) is 17.3 Å². The molecular weight excluding hydrogens is 356 g/mol. The van der Waals surface area contributed by atoms with E-state index in [-0.39, 0.29) is 0 Å². The molecule has 0 fully saturated rings. The Morgan fingerprint density at radius 3 is 2.18 bits per heavy atom. The second kappa shape index (κ2) is 8.28. The molecule has 8 heteroatoms. The molecule has 0 aliphatic heterocycles. The van der Waals surface area contributed by atoms with Gasteiger partial charge in [-0.05, 0) is 29.8 Å². The zero-order chi connectivity index (χ0) is 19.2. The van der Waals surface area contributed by atoms with Crippen molar-refractivity contribution in [2.24, 2.45) is 0 Å². The molecule has 0 saturated carbocycles. The summed E-state index contributed by atoms with van der Waals surface area (Å²) in [5.41, 5.74) is 5.90. The van der Waals surface area contributed by atoms with Crippen LogP contribution in [0.5, 0.6) is 5.75 Å². The molecule has 2 aromatic carbocycles. The number of hydrogen-bond acceptors (Lipinski definition) is 8. The van der Waals surface area contributed by atoms with Gasteiger partial charge in [0.25, 0.3) is 0 Å².